The number of fused-ring (bicyclic) bond motifs is 1. The number of pyridine rings is 1. The van der Waals surface area contributed by atoms with E-state index in [4.69, 9.17) is 5.26 Å². The summed E-state index contributed by atoms with van der Waals surface area (Å²) in [5.74, 6) is 0. The van der Waals surface area contributed by atoms with Gasteiger partial charge in [0.2, 0.25) is 0 Å². The number of nitrogens with zero attached hydrogens (tertiary/aromatic N) is 3. The third-order valence-corrected chi connectivity index (χ3v) is 4.56. The van der Waals surface area contributed by atoms with E-state index in [0.29, 0.717) is 17.5 Å². The normalized spacial score (nSPS) is 22.6. The lowest BCUT2D eigenvalue weighted by Gasteiger charge is -2.34. The second kappa shape index (κ2) is 5.95. The van der Waals surface area contributed by atoms with E-state index in [1.807, 2.05) is 13.0 Å². The molecule has 1 N–H and O–H groups in total. The van der Waals surface area contributed by atoms with E-state index in [2.05, 4.69) is 4.98 Å². The maximum atomic E-state index is 12.9. The van der Waals surface area contributed by atoms with Gasteiger partial charge in [0.05, 0.1) is 6.04 Å². The summed E-state index contributed by atoms with van der Waals surface area (Å²) in [5, 5.41) is 20.2. The molecular formula is C17H16F3N3O. The third-order valence-electron chi connectivity index (χ3n) is 4.56. The van der Waals surface area contributed by atoms with Crippen LogP contribution in [-0.2, 0) is 0 Å². The van der Waals surface area contributed by atoms with Crippen LogP contribution in [0.2, 0.25) is 0 Å². The van der Waals surface area contributed by atoms with Gasteiger partial charge >= 0.3 is 6.18 Å². The van der Waals surface area contributed by atoms with Crippen LogP contribution in [-0.4, -0.2) is 34.5 Å². The van der Waals surface area contributed by atoms with Gasteiger partial charge < -0.3 is 10.0 Å². The molecule has 24 heavy (non-hydrogen) atoms. The number of aliphatic hydroxyl groups is 1. The van der Waals surface area contributed by atoms with E-state index in [-0.39, 0.29) is 18.2 Å². The van der Waals surface area contributed by atoms with Crippen molar-refractivity contribution in [3.63, 3.8) is 0 Å². The molecule has 1 saturated heterocycles. The van der Waals surface area contributed by atoms with Crippen LogP contribution in [0, 0.1) is 11.3 Å². The molecule has 126 valence electrons. The predicted molar refractivity (Wildman–Crippen MR) is 83.5 cm³/mol. The molecule has 0 unspecified atom stereocenters. The molecule has 0 bridgehead atoms. The van der Waals surface area contributed by atoms with Crippen molar-refractivity contribution in [1.82, 2.24) is 4.98 Å². The molecule has 3 rings (SSSR count). The number of rotatable bonds is 2. The average molecular weight is 335 g/mol. The molecule has 0 amide bonds. The number of benzene rings is 1. The Hall–Kier alpha value is -2.33. The molecule has 2 heterocycles. The lowest BCUT2D eigenvalue weighted by atomic mass is 10.1. The number of nitriles is 1. The van der Waals surface area contributed by atoms with Crippen molar-refractivity contribution in [3.8, 4) is 6.07 Å². The highest BCUT2D eigenvalue weighted by atomic mass is 19.4. The summed E-state index contributed by atoms with van der Waals surface area (Å²) >= 11 is 0. The SMILES string of the molecule is C[C@@H]1CC[C@H]([C@H](O)C(F)(F)F)N1c1ccc2c(C#N)nccc2c1. The van der Waals surface area contributed by atoms with Crippen molar-refractivity contribution in [2.45, 2.75) is 44.1 Å². The molecule has 4 nitrogen and oxygen atoms in total. The van der Waals surface area contributed by atoms with Crippen LogP contribution < -0.4 is 4.90 Å². The predicted octanol–water partition coefficient (Wildman–Crippen LogP) is 3.39. The van der Waals surface area contributed by atoms with Gasteiger partial charge in [-0.3, -0.25) is 0 Å². The van der Waals surface area contributed by atoms with E-state index < -0.39 is 18.3 Å². The first kappa shape index (κ1) is 16.5. The Balaban J connectivity index is 2.03. The minimum Gasteiger partial charge on any atom is -0.382 e. The fraction of sp³-hybridized carbons (Fsp3) is 0.412. The zero-order chi connectivity index (χ0) is 17.5. The molecule has 7 heteroatoms. The van der Waals surface area contributed by atoms with Crippen molar-refractivity contribution in [3.05, 3.63) is 36.2 Å². The molecule has 1 fully saturated rings. The van der Waals surface area contributed by atoms with Gasteiger partial charge in [-0.25, -0.2) is 4.98 Å². The van der Waals surface area contributed by atoms with Gasteiger partial charge in [0.25, 0.3) is 0 Å². The van der Waals surface area contributed by atoms with E-state index in [1.54, 1.807) is 29.2 Å². The Kier molecular flexibility index (Phi) is 4.10. The van der Waals surface area contributed by atoms with Crippen LogP contribution in [0.15, 0.2) is 30.5 Å². The molecule has 1 aliphatic heterocycles. The first-order chi connectivity index (χ1) is 11.3. The highest BCUT2D eigenvalue weighted by Crippen LogP contribution is 2.37. The highest BCUT2D eigenvalue weighted by molar-refractivity contribution is 5.89. The Morgan fingerprint density at radius 2 is 2.08 bits per heavy atom. The Morgan fingerprint density at radius 1 is 1.33 bits per heavy atom. The molecule has 3 atom stereocenters. The fourth-order valence-electron chi connectivity index (χ4n) is 3.41. The summed E-state index contributed by atoms with van der Waals surface area (Å²) in [5.41, 5.74) is 0.885. The van der Waals surface area contributed by atoms with Crippen LogP contribution in [0.1, 0.15) is 25.5 Å². The van der Waals surface area contributed by atoms with Gasteiger partial charge in [-0.05, 0) is 49.4 Å². The molecule has 1 aromatic carbocycles. The zero-order valence-electron chi connectivity index (χ0n) is 13.0. The van der Waals surface area contributed by atoms with Crippen molar-refractivity contribution < 1.29 is 18.3 Å². The molecular weight excluding hydrogens is 319 g/mol. The molecule has 1 aromatic heterocycles. The quantitative estimate of drug-likeness (QED) is 0.914. The van der Waals surface area contributed by atoms with Crippen molar-refractivity contribution in [2.75, 3.05) is 4.90 Å². The molecule has 0 saturated carbocycles. The van der Waals surface area contributed by atoms with Gasteiger partial charge in [0.15, 0.2) is 6.10 Å². The number of anilines is 1. The first-order valence-electron chi connectivity index (χ1n) is 7.65. The first-order valence-corrected chi connectivity index (χ1v) is 7.65. The fourth-order valence-corrected chi connectivity index (χ4v) is 3.41. The molecule has 0 spiro atoms. The number of aliphatic hydroxyl groups excluding tert-OH is 1. The summed E-state index contributed by atoms with van der Waals surface area (Å²) < 4.78 is 38.8. The molecule has 0 radical (unpaired) electrons. The number of hydrogen-bond acceptors (Lipinski definition) is 4. The van der Waals surface area contributed by atoms with Crippen molar-refractivity contribution in [1.29, 1.82) is 5.26 Å². The van der Waals surface area contributed by atoms with Crippen LogP contribution in [0.5, 0.6) is 0 Å². The molecule has 1 aliphatic rings. The zero-order valence-corrected chi connectivity index (χ0v) is 13.0. The summed E-state index contributed by atoms with van der Waals surface area (Å²) in [6.45, 7) is 1.85. The minimum atomic E-state index is -4.65. The van der Waals surface area contributed by atoms with Crippen LogP contribution in [0.3, 0.4) is 0 Å². The van der Waals surface area contributed by atoms with Crippen LogP contribution in [0.4, 0.5) is 18.9 Å². The molecule has 0 aliphatic carbocycles. The summed E-state index contributed by atoms with van der Waals surface area (Å²) in [6.07, 6.45) is -4.68. The smallest absolute Gasteiger partial charge is 0.382 e. The van der Waals surface area contributed by atoms with Crippen LogP contribution >= 0.6 is 0 Å². The van der Waals surface area contributed by atoms with Crippen LogP contribution in [0.25, 0.3) is 10.8 Å². The second-order valence-corrected chi connectivity index (χ2v) is 6.06. The third kappa shape index (κ3) is 2.78. The van der Waals surface area contributed by atoms with E-state index in [1.165, 1.54) is 6.20 Å². The Labute approximate surface area is 137 Å². The van der Waals surface area contributed by atoms with Gasteiger partial charge in [0, 0.05) is 23.3 Å². The van der Waals surface area contributed by atoms with Gasteiger partial charge in [-0.1, -0.05) is 0 Å². The topological polar surface area (TPSA) is 60.1 Å². The lowest BCUT2D eigenvalue weighted by molar-refractivity contribution is -0.209. The summed E-state index contributed by atoms with van der Waals surface area (Å²) in [6, 6.07) is 7.73. The number of halogens is 3. The van der Waals surface area contributed by atoms with E-state index in [9.17, 15) is 18.3 Å². The van der Waals surface area contributed by atoms with Gasteiger partial charge in [-0.2, -0.15) is 18.4 Å². The standard InChI is InChI=1S/C17H16F3N3O/c1-10-2-5-15(16(24)17(18,19)20)23(10)12-3-4-13-11(8-12)6-7-22-14(13)9-21/h3-4,6-8,10,15-16,24H,2,5H2,1H3/t10-,15-,16+/m1/s1. The van der Waals surface area contributed by atoms with E-state index >= 15 is 0 Å². The lowest BCUT2D eigenvalue weighted by Crippen LogP contribution is -2.48. The molecule has 2 aromatic rings. The summed E-state index contributed by atoms with van der Waals surface area (Å²) in [4.78, 5) is 5.61. The number of alkyl halides is 3. The Bertz CT molecular complexity index is 800. The highest BCUT2D eigenvalue weighted by Gasteiger charge is 2.48. The summed E-state index contributed by atoms with van der Waals surface area (Å²) in [7, 11) is 0. The minimum absolute atomic E-state index is 0.110. The number of hydrogen-bond donors (Lipinski definition) is 1. The Morgan fingerprint density at radius 3 is 2.75 bits per heavy atom. The maximum absolute atomic E-state index is 12.9. The van der Waals surface area contributed by atoms with Crippen molar-refractivity contribution in [2.24, 2.45) is 0 Å². The monoisotopic (exact) mass is 335 g/mol. The second-order valence-electron chi connectivity index (χ2n) is 6.06. The van der Waals surface area contributed by atoms with Gasteiger partial charge in [-0.15, -0.1) is 0 Å². The van der Waals surface area contributed by atoms with E-state index in [0.717, 1.165) is 5.39 Å². The average Bonchev–Trinajstić information content (AvgIpc) is 2.93. The number of aromatic nitrogens is 1. The largest absolute Gasteiger partial charge is 0.416 e. The maximum Gasteiger partial charge on any atom is 0.416 e. The van der Waals surface area contributed by atoms with Gasteiger partial charge in [0.1, 0.15) is 11.8 Å². The van der Waals surface area contributed by atoms with Crippen molar-refractivity contribution >= 4 is 16.5 Å².